The van der Waals surface area contributed by atoms with Gasteiger partial charge in [-0.25, -0.2) is 16.8 Å². The highest BCUT2D eigenvalue weighted by molar-refractivity contribution is 9.11. The maximum absolute atomic E-state index is 12.5. The van der Waals surface area contributed by atoms with Crippen LogP contribution in [0.25, 0.3) is 0 Å². The predicted molar refractivity (Wildman–Crippen MR) is 107 cm³/mol. The van der Waals surface area contributed by atoms with Crippen molar-refractivity contribution in [3.63, 3.8) is 0 Å². The van der Waals surface area contributed by atoms with Gasteiger partial charge >= 0.3 is 0 Å². The third kappa shape index (κ3) is 4.30. The van der Waals surface area contributed by atoms with E-state index in [0.717, 1.165) is 26.3 Å². The molecule has 10 heteroatoms. The Labute approximate surface area is 166 Å². The summed E-state index contributed by atoms with van der Waals surface area (Å²) in [5, 5.41) is 0. The van der Waals surface area contributed by atoms with Crippen LogP contribution in [-0.2, 0) is 33.0 Å². The molecule has 142 valence electrons. The molecule has 2 aromatic rings. The number of hydrogen-bond acceptors (Lipinski definition) is 5. The molecule has 1 aliphatic heterocycles. The number of nitrogens with zero attached hydrogens (tertiary/aromatic N) is 1. The van der Waals surface area contributed by atoms with E-state index in [4.69, 9.17) is 0 Å². The second kappa shape index (κ2) is 7.59. The lowest BCUT2D eigenvalue weighted by Gasteiger charge is -2.28. The van der Waals surface area contributed by atoms with Crippen LogP contribution in [-0.4, -0.2) is 33.4 Å². The van der Waals surface area contributed by atoms with Gasteiger partial charge in [0.25, 0.3) is 10.0 Å². The highest BCUT2D eigenvalue weighted by Crippen LogP contribution is 2.29. The molecule has 0 radical (unpaired) electrons. The van der Waals surface area contributed by atoms with Crippen molar-refractivity contribution in [3.8, 4) is 0 Å². The van der Waals surface area contributed by atoms with Crippen molar-refractivity contribution in [1.82, 2.24) is 4.31 Å². The molecule has 0 amide bonds. The summed E-state index contributed by atoms with van der Waals surface area (Å²) < 4.78 is 54.5. The van der Waals surface area contributed by atoms with E-state index in [2.05, 4.69) is 20.7 Å². The lowest BCUT2D eigenvalue weighted by Crippen LogP contribution is -2.37. The van der Waals surface area contributed by atoms with Crippen LogP contribution in [0.4, 0.5) is 5.69 Å². The molecular weight excluding hydrogens is 460 g/mol. The predicted octanol–water partition coefficient (Wildman–Crippen LogP) is 3.41. The van der Waals surface area contributed by atoms with Gasteiger partial charge in [0, 0.05) is 18.8 Å². The number of halogens is 1. The summed E-state index contributed by atoms with van der Waals surface area (Å²) >= 11 is 4.39. The van der Waals surface area contributed by atoms with E-state index in [0.29, 0.717) is 25.1 Å². The van der Waals surface area contributed by atoms with Gasteiger partial charge < -0.3 is 0 Å². The van der Waals surface area contributed by atoms with E-state index < -0.39 is 20.0 Å². The first-order chi connectivity index (χ1) is 12.2. The van der Waals surface area contributed by atoms with E-state index in [-0.39, 0.29) is 16.5 Å². The highest BCUT2D eigenvalue weighted by atomic mass is 79.9. The molecule has 1 aromatic carbocycles. The zero-order valence-electron chi connectivity index (χ0n) is 14.1. The van der Waals surface area contributed by atoms with E-state index >= 15 is 0 Å². The van der Waals surface area contributed by atoms with Crippen LogP contribution >= 0.6 is 27.3 Å². The van der Waals surface area contributed by atoms with Crippen molar-refractivity contribution < 1.29 is 16.8 Å². The molecule has 3 rings (SSSR count). The summed E-state index contributed by atoms with van der Waals surface area (Å²) in [6, 6.07) is 8.52. The van der Waals surface area contributed by atoms with Crippen LogP contribution in [0.3, 0.4) is 0 Å². The van der Waals surface area contributed by atoms with Crippen molar-refractivity contribution in [2.75, 3.05) is 17.0 Å². The second-order valence-corrected chi connectivity index (χ2v) is 12.5. The molecule has 0 bridgehead atoms. The topological polar surface area (TPSA) is 83.6 Å². The molecule has 0 spiro atoms. The van der Waals surface area contributed by atoms with Gasteiger partial charge in [0.05, 0.1) is 9.54 Å². The monoisotopic (exact) mass is 478 g/mol. The fourth-order valence-electron chi connectivity index (χ4n) is 2.87. The van der Waals surface area contributed by atoms with Crippen LogP contribution in [0.1, 0.15) is 24.5 Å². The Morgan fingerprint density at radius 1 is 1.15 bits per heavy atom. The number of sulfonamides is 2. The lowest BCUT2D eigenvalue weighted by molar-refractivity contribution is 0.391. The summed E-state index contributed by atoms with van der Waals surface area (Å²) in [4.78, 5) is 0. The Hall–Kier alpha value is -0.940. The number of rotatable bonds is 6. The lowest BCUT2D eigenvalue weighted by atomic mass is 10.0. The maximum Gasteiger partial charge on any atom is 0.271 e. The minimum atomic E-state index is -3.66. The molecule has 2 heterocycles. The Kier molecular flexibility index (Phi) is 5.78. The molecule has 0 atom stereocenters. The van der Waals surface area contributed by atoms with E-state index in [1.807, 2.05) is 13.0 Å². The summed E-state index contributed by atoms with van der Waals surface area (Å²) in [7, 11) is -6.94. The Morgan fingerprint density at radius 3 is 2.58 bits per heavy atom. The summed E-state index contributed by atoms with van der Waals surface area (Å²) in [6.07, 6.45) is 1.20. The van der Waals surface area contributed by atoms with Crippen molar-refractivity contribution in [2.24, 2.45) is 0 Å². The number of nitrogens with one attached hydrogen (secondary N) is 1. The first-order valence-electron chi connectivity index (χ1n) is 8.09. The number of hydrogen-bond donors (Lipinski definition) is 1. The van der Waals surface area contributed by atoms with Crippen molar-refractivity contribution in [2.45, 2.75) is 30.5 Å². The fourth-order valence-corrected chi connectivity index (χ4v) is 7.41. The van der Waals surface area contributed by atoms with Crippen molar-refractivity contribution in [1.29, 1.82) is 0 Å². The van der Waals surface area contributed by atoms with Gasteiger partial charge in [0.2, 0.25) is 10.0 Å². The van der Waals surface area contributed by atoms with Crippen molar-refractivity contribution >= 4 is 53.0 Å². The van der Waals surface area contributed by atoms with Crippen LogP contribution in [0, 0.1) is 0 Å². The minimum absolute atomic E-state index is 0.127. The smallest absolute Gasteiger partial charge is 0.271 e. The average Bonchev–Trinajstić information content (AvgIpc) is 3.01. The summed E-state index contributed by atoms with van der Waals surface area (Å²) in [6.45, 7) is 2.58. The highest BCUT2D eigenvalue weighted by Gasteiger charge is 2.26. The van der Waals surface area contributed by atoms with Gasteiger partial charge in [-0.05, 0) is 64.2 Å². The number of fused-ring (bicyclic) bond motifs is 1. The van der Waals surface area contributed by atoms with Crippen LogP contribution in [0.2, 0.25) is 0 Å². The third-order valence-corrected chi connectivity index (χ3v) is 9.62. The van der Waals surface area contributed by atoms with Gasteiger partial charge in [0.15, 0.2) is 0 Å². The van der Waals surface area contributed by atoms with Crippen LogP contribution < -0.4 is 4.72 Å². The number of thiophene rings is 1. The standard InChI is InChI=1S/C16H19BrN2O4S3/c1-2-9-25(20,21)19-8-7-12-3-4-14(10-13(12)11-19)18-26(22,23)16-6-5-15(17)24-16/h3-6,10,18H,2,7-9,11H2,1H3. The van der Waals surface area contributed by atoms with Gasteiger partial charge in [-0.2, -0.15) is 4.31 Å². The zero-order chi connectivity index (χ0) is 18.9. The van der Waals surface area contributed by atoms with Crippen LogP contribution in [0.5, 0.6) is 0 Å². The molecule has 26 heavy (non-hydrogen) atoms. The molecule has 0 aliphatic carbocycles. The van der Waals surface area contributed by atoms with Gasteiger partial charge in [-0.3, -0.25) is 4.72 Å². The van der Waals surface area contributed by atoms with Crippen molar-refractivity contribution in [3.05, 3.63) is 45.2 Å². The minimum Gasteiger partial charge on any atom is -0.279 e. The molecule has 1 aliphatic rings. The zero-order valence-corrected chi connectivity index (χ0v) is 18.1. The van der Waals surface area contributed by atoms with E-state index in [9.17, 15) is 16.8 Å². The molecule has 1 aromatic heterocycles. The average molecular weight is 479 g/mol. The summed E-state index contributed by atoms with van der Waals surface area (Å²) in [5.74, 6) is 0.127. The first kappa shape index (κ1) is 19.8. The Morgan fingerprint density at radius 2 is 1.92 bits per heavy atom. The van der Waals surface area contributed by atoms with E-state index in [1.54, 1.807) is 18.2 Å². The number of anilines is 1. The molecule has 6 nitrogen and oxygen atoms in total. The van der Waals surface area contributed by atoms with Crippen LogP contribution in [0.15, 0.2) is 38.3 Å². The SMILES string of the molecule is CCCS(=O)(=O)N1CCc2ccc(NS(=O)(=O)c3ccc(Br)s3)cc2C1. The first-order valence-corrected chi connectivity index (χ1v) is 12.8. The molecule has 0 fully saturated rings. The quantitative estimate of drug-likeness (QED) is 0.689. The molecule has 1 N–H and O–H groups in total. The Bertz CT molecular complexity index is 1020. The van der Waals surface area contributed by atoms with Gasteiger partial charge in [0.1, 0.15) is 4.21 Å². The van der Waals surface area contributed by atoms with Gasteiger partial charge in [-0.15, -0.1) is 11.3 Å². The van der Waals surface area contributed by atoms with E-state index in [1.165, 1.54) is 10.4 Å². The van der Waals surface area contributed by atoms with Gasteiger partial charge in [-0.1, -0.05) is 13.0 Å². The fraction of sp³-hybridized carbons (Fsp3) is 0.375. The summed E-state index contributed by atoms with van der Waals surface area (Å²) in [5.41, 5.74) is 2.32. The molecule has 0 unspecified atom stereocenters. The largest absolute Gasteiger partial charge is 0.279 e. The maximum atomic E-state index is 12.5. The third-order valence-electron chi connectivity index (χ3n) is 4.10. The normalized spacial score (nSPS) is 15.6. The molecule has 0 saturated carbocycles. The second-order valence-electron chi connectivity index (χ2n) is 6.05. The molecular formula is C16H19BrN2O4S3. The Balaban J connectivity index is 1.83. The molecule has 0 saturated heterocycles. The number of benzene rings is 1.